The predicted octanol–water partition coefficient (Wildman–Crippen LogP) is 0.128. The molecule has 0 aliphatic carbocycles. The molecule has 1 aliphatic rings. The summed E-state index contributed by atoms with van der Waals surface area (Å²) in [6, 6.07) is 4.24. The Kier molecular flexibility index (Phi) is 3.53. The molecule has 2 unspecified atom stereocenters. The third kappa shape index (κ3) is 3.13. The molecule has 4 N–H and O–H groups in total. The van der Waals surface area contributed by atoms with E-state index in [1.807, 2.05) is 0 Å². The maximum atomic E-state index is 10.8. The normalized spacial score (nSPS) is 24.3. The average molecular weight is 235 g/mol. The second-order valence-electron chi connectivity index (χ2n) is 4.39. The Morgan fingerprint density at radius 2 is 2.35 bits per heavy atom. The van der Waals surface area contributed by atoms with Crippen LogP contribution in [0.25, 0.3) is 0 Å². The molecule has 0 radical (unpaired) electrons. The van der Waals surface area contributed by atoms with Gasteiger partial charge in [-0.2, -0.15) is 0 Å². The van der Waals surface area contributed by atoms with Crippen molar-refractivity contribution in [2.24, 2.45) is 5.73 Å². The first-order valence-corrected chi connectivity index (χ1v) is 5.78. The molecule has 0 saturated carbocycles. The molecule has 0 spiro atoms. The van der Waals surface area contributed by atoms with Crippen molar-refractivity contribution in [1.29, 1.82) is 0 Å². The summed E-state index contributed by atoms with van der Waals surface area (Å²) in [4.78, 5) is 10.8. The predicted molar refractivity (Wildman–Crippen MR) is 64.7 cm³/mol. The zero-order valence-corrected chi connectivity index (χ0v) is 9.81. The Balaban J connectivity index is 1.96. The van der Waals surface area contributed by atoms with Gasteiger partial charge in [0.2, 0.25) is 0 Å². The first-order valence-electron chi connectivity index (χ1n) is 5.78. The highest BCUT2D eigenvalue weighted by Crippen LogP contribution is 2.13. The average Bonchev–Trinajstić information content (AvgIpc) is 2.29. The monoisotopic (exact) mass is 235 g/mol. The van der Waals surface area contributed by atoms with Gasteiger partial charge >= 0.3 is 0 Å². The van der Waals surface area contributed by atoms with E-state index in [-0.39, 0.29) is 5.69 Å². The number of hydrogen-bond donors (Lipinski definition) is 3. The molecule has 1 saturated heterocycles. The van der Waals surface area contributed by atoms with E-state index in [0.29, 0.717) is 17.9 Å². The van der Waals surface area contributed by atoms with Crippen molar-refractivity contribution in [2.45, 2.75) is 31.8 Å². The first-order chi connectivity index (χ1) is 8.15. The topological polar surface area (TPSA) is 92.9 Å². The number of primary amides is 1. The van der Waals surface area contributed by atoms with Crippen LogP contribution in [0.4, 0.5) is 5.82 Å². The summed E-state index contributed by atoms with van der Waals surface area (Å²) < 4.78 is 0. The van der Waals surface area contributed by atoms with Gasteiger partial charge in [-0.3, -0.25) is 4.79 Å². The van der Waals surface area contributed by atoms with E-state index in [9.17, 15) is 4.79 Å². The second-order valence-corrected chi connectivity index (χ2v) is 4.39. The van der Waals surface area contributed by atoms with Crippen molar-refractivity contribution in [2.75, 3.05) is 11.9 Å². The molecule has 1 aliphatic heterocycles. The number of carbonyl (C=O) groups is 1. The van der Waals surface area contributed by atoms with Crippen LogP contribution in [0.5, 0.6) is 0 Å². The quantitative estimate of drug-likeness (QED) is 0.692. The lowest BCUT2D eigenvalue weighted by molar-refractivity contribution is 0.0994. The minimum absolute atomic E-state index is 0.189. The van der Waals surface area contributed by atoms with Gasteiger partial charge in [0.25, 0.3) is 5.91 Å². The molecule has 17 heavy (non-hydrogen) atoms. The Hall–Kier alpha value is -1.69. The van der Waals surface area contributed by atoms with Crippen LogP contribution >= 0.6 is 0 Å². The molecule has 0 bridgehead atoms. The van der Waals surface area contributed by atoms with Gasteiger partial charge in [0.05, 0.1) is 0 Å². The molecule has 6 nitrogen and oxygen atoms in total. The summed E-state index contributed by atoms with van der Waals surface area (Å²) in [5, 5.41) is 14.4. The third-order valence-corrected chi connectivity index (χ3v) is 2.89. The number of nitrogens with one attached hydrogen (secondary N) is 2. The van der Waals surface area contributed by atoms with Gasteiger partial charge in [-0.15, -0.1) is 10.2 Å². The highest BCUT2D eigenvalue weighted by Gasteiger charge is 2.18. The lowest BCUT2D eigenvalue weighted by atomic mass is 10.0. The fourth-order valence-corrected chi connectivity index (χ4v) is 2.01. The van der Waals surface area contributed by atoms with Crippen molar-refractivity contribution in [3.05, 3.63) is 17.8 Å². The molecule has 1 amide bonds. The van der Waals surface area contributed by atoms with E-state index in [2.05, 4.69) is 27.8 Å². The van der Waals surface area contributed by atoms with Crippen LogP contribution in [0.15, 0.2) is 12.1 Å². The fraction of sp³-hybridized carbons (Fsp3) is 0.545. The van der Waals surface area contributed by atoms with Gasteiger partial charge in [-0.1, -0.05) is 0 Å². The highest BCUT2D eigenvalue weighted by atomic mass is 16.1. The zero-order valence-electron chi connectivity index (χ0n) is 9.81. The molecule has 2 heterocycles. The Morgan fingerprint density at radius 1 is 1.53 bits per heavy atom. The van der Waals surface area contributed by atoms with Gasteiger partial charge < -0.3 is 16.4 Å². The van der Waals surface area contributed by atoms with Crippen LogP contribution in [-0.2, 0) is 0 Å². The maximum Gasteiger partial charge on any atom is 0.269 e. The van der Waals surface area contributed by atoms with Crippen LogP contribution < -0.4 is 16.4 Å². The second kappa shape index (κ2) is 5.09. The number of aromatic nitrogens is 2. The van der Waals surface area contributed by atoms with E-state index < -0.39 is 5.91 Å². The Morgan fingerprint density at radius 3 is 2.94 bits per heavy atom. The number of hydrogen-bond acceptors (Lipinski definition) is 5. The number of nitrogens with two attached hydrogens (primary N) is 1. The van der Waals surface area contributed by atoms with Gasteiger partial charge in [-0.05, 0) is 38.4 Å². The third-order valence-electron chi connectivity index (χ3n) is 2.89. The van der Waals surface area contributed by atoms with Crippen molar-refractivity contribution < 1.29 is 4.79 Å². The summed E-state index contributed by atoms with van der Waals surface area (Å²) in [5.74, 6) is 0.133. The molecule has 1 aromatic rings. The number of piperidine rings is 1. The standard InChI is InChI=1S/C11H17N5O/c1-7-6-8(4-5-13-7)14-10-3-2-9(11(12)17)15-16-10/h2-3,7-8,13H,4-6H2,1H3,(H2,12,17)(H,14,16). The van der Waals surface area contributed by atoms with E-state index in [1.54, 1.807) is 12.1 Å². The summed E-state index contributed by atoms with van der Waals surface area (Å²) in [5.41, 5.74) is 5.29. The summed E-state index contributed by atoms with van der Waals surface area (Å²) in [6.07, 6.45) is 2.11. The van der Waals surface area contributed by atoms with E-state index >= 15 is 0 Å². The van der Waals surface area contributed by atoms with Gasteiger partial charge in [0.1, 0.15) is 5.82 Å². The van der Waals surface area contributed by atoms with Crippen LogP contribution in [0.1, 0.15) is 30.3 Å². The van der Waals surface area contributed by atoms with Gasteiger partial charge in [-0.25, -0.2) is 0 Å². The fourth-order valence-electron chi connectivity index (χ4n) is 2.01. The summed E-state index contributed by atoms with van der Waals surface area (Å²) in [7, 11) is 0. The first kappa shape index (κ1) is 11.8. The van der Waals surface area contributed by atoms with Crippen LogP contribution in [0.3, 0.4) is 0 Å². The molecule has 1 fully saturated rings. The molecular weight excluding hydrogens is 218 g/mol. The van der Waals surface area contributed by atoms with Crippen molar-refractivity contribution >= 4 is 11.7 Å². The number of nitrogens with zero attached hydrogens (tertiary/aromatic N) is 2. The lowest BCUT2D eigenvalue weighted by Gasteiger charge is -2.28. The molecular formula is C11H17N5O. The van der Waals surface area contributed by atoms with Crippen molar-refractivity contribution in [3.8, 4) is 0 Å². The SMILES string of the molecule is CC1CC(Nc2ccc(C(N)=O)nn2)CCN1. The summed E-state index contributed by atoms with van der Waals surface area (Å²) >= 11 is 0. The smallest absolute Gasteiger partial charge is 0.269 e. The number of carbonyl (C=O) groups excluding carboxylic acids is 1. The van der Waals surface area contributed by atoms with Crippen LogP contribution in [-0.4, -0.2) is 34.7 Å². The maximum absolute atomic E-state index is 10.8. The molecule has 2 rings (SSSR count). The molecule has 0 aromatic carbocycles. The largest absolute Gasteiger partial charge is 0.366 e. The van der Waals surface area contributed by atoms with Gasteiger partial charge in [0.15, 0.2) is 5.69 Å². The Bertz CT molecular complexity index is 391. The van der Waals surface area contributed by atoms with Crippen molar-refractivity contribution in [1.82, 2.24) is 15.5 Å². The number of amides is 1. The minimum atomic E-state index is -0.556. The zero-order chi connectivity index (χ0) is 12.3. The highest BCUT2D eigenvalue weighted by molar-refractivity contribution is 5.90. The number of anilines is 1. The van der Waals surface area contributed by atoms with Crippen LogP contribution in [0.2, 0.25) is 0 Å². The molecule has 2 atom stereocenters. The van der Waals surface area contributed by atoms with E-state index in [4.69, 9.17) is 5.73 Å². The lowest BCUT2D eigenvalue weighted by Crippen LogP contribution is -2.41. The molecule has 92 valence electrons. The summed E-state index contributed by atoms with van der Waals surface area (Å²) in [6.45, 7) is 3.17. The number of rotatable bonds is 3. The molecule has 1 aromatic heterocycles. The van der Waals surface area contributed by atoms with Crippen LogP contribution in [0, 0.1) is 0 Å². The minimum Gasteiger partial charge on any atom is -0.366 e. The Labute approximate surface area is 100.0 Å². The van der Waals surface area contributed by atoms with E-state index in [1.165, 1.54) is 0 Å². The van der Waals surface area contributed by atoms with Gasteiger partial charge in [0, 0.05) is 12.1 Å². The van der Waals surface area contributed by atoms with E-state index in [0.717, 1.165) is 19.4 Å². The molecule has 6 heteroatoms. The van der Waals surface area contributed by atoms with Crippen molar-refractivity contribution in [3.63, 3.8) is 0 Å².